The number of para-hydroxylation sites is 2. The summed E-state index contributed by atoms with van der Waals surface area (Å²) < 4.78 is 40.8. The Morgan fingerprint density at radius 1 is 1.06 bits per heavy atom. The number of sulfonamides is 1. The van der Waals surface area contributed by atoms with Gasteiger partial charge in [0.05, 0.1) is 50.0 Å². The zero-order valence-corrected chi connectivity index (χ0v) is 27.8. The fourth-order valence-corrected chi connectivity index (χ4v) is 9.07. The zero-order chi connectivity index (χ0) is 34.2. The van der Waals surface area contributed by atoms with Crippen LogP contribution in [0, 0.1) is 11.3 Å². The van der Waals surface area contributed by atoms with Gasteiger partial charge in [0.25, 0.3) is 15.9 Å². The van der Waals surface area contributed by atoms with Crippen molar-refractivity contribution >= 4 is 27.7 Å². The molecular weight excluding hydrogens is 636 g/mol. The van der Waals surface area contributed by atoms with Gasteiger partial charge in [-0.2, -0.15) is 5.26 Å². The minimum Gasteiger partial charge on any atom is -0.495 e. The first-order chi connectivity index (χ1) is 23.1. The molecule has 4 atom stereocenters. The number of likely N-dealkylation sites (tertiary alicyclic amines) is 1. The van der Waals surface area contributed by atoms with Crippen LogP contribution in [-0.2, 0) is 14.8 Å². The topological polar surface area (TPSA) is 157 Å². The molecule has 0 bridgehead atoms. The first-order valence-electron chi connectivity index (χ1n) is 15.9. The zero-order valence-electron chi connectivity index (χ0n) is 27.0. The molecule has 48 heavy (non-hydrogen) atoms. The van der Waals surface area contributed by atoms with Gasteiger partial charge in [0.1, 0.15) is 16.7 Å². The van der Waals surface area contributed by atoms with Crippen molar-refractivity contribution in [1.82, 2.24) is 19.7 Å². The van der Waals surface area contributed by atoms with Crippen molar-refractivity contribution in [2.75, 3.05) is 44.7 Å². The third-order valence-electron chi connectivity index (χ3n) is 9.52. The first kappa shape index (κ1) is 33.2. The van der Waals surface area contributed by atoms with Gasteiger partial charge in [-0.25, -0.2) is 22.5 Å². The molecule has 1 aromatic heterocycles. The standard InChI is InChI=1S/C34H38N6O7S/c1-4-47-32-25(11-9-17-36-32)30-31(38(34(42)43)21-23(20-35)39(30)22-15-18-37(2)19-16-22)29-24-10-5-6-12-26(24)40(33(29)41)48(44,45)28-14-8-7-13-27(28)46-3/h5-14,17,22-23,29-31H,4,15-16,18-19,21H2,1-3H3,(H,42,43). The van der Waals surface area contributed by atoms with E-state index in [0.717, 1.165) is 22.3 Å². The highest BCUT2D eigenvalue weighted by Gasteiger charge is 2.57. The van der Waals surface area contributed by atoms with E-state index in [2.05, 4.69) is 16.0 Å². The third kappa shape index (κ3) is 5.61. The number of carbonyl (C=O) groups is 2. The Morgan fingerprint density at radius 3 is 2.44 bits per heavy atom. The van der Waals surface area contributed by atoms with E-state index in [9.17, 15) is 28.4 Å². The molecule has 1 N–H and O–H groups in total. The van der Waals surface area contributed by atoms with E-state index in [-0.39, 0.29) is 41.4 Å². The van der Waals surface area contributed by atoms with Gasteiger partial charge >= 0.3 is 6.09 Å². The van der Waals surface area contributed by atoms with E-state index >= 15 is 0 Å². The summed E-state index contributed by atoms with van der Waals surface area (Å²) in [5, 5.41) is 21.3. The number of carbonyl (C=O) groups excluding carboxylic acids is 1. The van der Waals surface area contributed by atoms with Crippen LogP contribution in [0.15, 0.2) is 71.8 Å². The summed E-state index contributed by atoms with van der Waals surface area (Å²) in [6.45, 7) is 3.41. The van der Waals surface area contributed by atoms with E-state index in [0.29, 0.717) is 24.0 Å². The largest absolute Gasteiger partial charge is 0.495 e. The van der Waals surface area contributed by atoms with Crippen LogP contribution < -0.4 is 13.8 Å². The van der Waals surface area contributed by atoms with E-state index in [1.165, 1.54) is 19.2 Å². The number of methoxy groups -OCH3 is 1. The number of aromatic nitrogens is 1. The van der Waals surface area contributed by atoms with Crippen LogP contribution >= 0.6 is 0 Å². The highest BCUT2D eigenvalue weighted by Crippen LogP contribution is 2.51. The summed E-state index contributed by atoms with van der Waals surface area (Å²) in [5.74, 6) is -1.73. The van der Waals surface area contributed by atoms with Crippen molar-refractivity contribution in [2.45, 2.75) is 54.7 Å². The second-order valence-corrected chi connectivity index (χ2v) is 13.9. The molecule has 2 fully saturated rings. The number of ether oxygens (including phenoxy) is 2. The molecule has 3 aliphatic rings. The summed E-state index contributed by atoms with van der Waals surface area (Å²) in [6.07, 6.45) is 1.66. The van der Waals surface area contributed by atoms with Gasteiger partial charge in [-0.15, -0.1) is 0 Å². The van der Waals surface area contributed by atoms with Crippen LogP contribution in [0.25, 0.3) is 0 Å². The number of piperazine rings is 1. The van der Waals surface area contributed by atoms with Crippen molar-refractivity contribution in [3.8, 4) is 17.7 Å². The Kier molecular flexibility index (Phi) is 9.28. The minimum absolute atomic E-state index is 0.0657. The van der Waals surface area contributed by atoms with Gasteiger partial charge in [-0.05, 0) is 69.7 Å². The number of anilines is 1. The number of fused-ring (bicyclic) bond motifs is 1. The lowest BCUT2D eigenvalue weighted by atomic mass is 9.79. The van der Waals surface area contributed by atoms with E-state index in [1.807, 2.05) is 18.9 Å². The SMILES string of the molecule is CCOc1ncccc1C1C(C2C(=O)N(S(=O)(=O)c3ccccc3OC)c3ccccc32)N(C(=O)O)CC(C#N)N1C1CCN(C)CC1. The number of amides is 2. The average molecular weight is 675 g/mol. The molecule has 3 aliphatic heterocycles. The summed E-state index contributed by atoms with van der Waals surface area (Å²) in [4.78, 5) is 37.7. The quantitative estimate of drug-likeness (QED) is 0.372. The lowest BCUT2D eigenvalue weighted by Crippen LogP contribution is -2.66. The van der Waals surface area contributed by atoms with E-state index < -0.39 is 46.1 Å². The van der Waals surface area contributed by atoms with Gasteiger partial charge in [0.15, 0.2) is 0 Å². The van der Waals surface area contributed by atoms with E-state index in [1.54, 1.807) is 54.7 Å². The maximum Gasteiger partial charge on any atom is 0.407 e. The molecule has 0 saturated carbocycles. The maximum absolute atomic E-state index is 14.9. The van der Waals surface area contributed by atoms with Gasteiger partial charge < -0.3 is 19.5 Å². The number of benzene rings is 2. The van der Waals surface area contributed by atoms with Crippen LogP contribution in [0.4, 0.5) is 10.5 Å². The molecule has 4 unspecified atom stereocenters. The van der Waals surface area contributed by atoms with Crippen LogP contribution in [0.1, 0.15) is 42.9 Å². The number of piperidine rings is 1. The summed E-state index contributed by atoms with van der Waals surface area (Å²) in [7, 11) is -1.15. The molecule has 2 amide bonds. The van der Waals surface area contributed by atoms with Crippen molar-refractivity contribution in [3.63, 3.8) is 0 Å². The van der Waals surface area contributed by atoms with Crippen molar-refractivity contribution in [1.29, 1.82) is 5.26 Å². The predicted octanol–water partition coefficient (Wildman–Crippen LogP) is 3.70. The van der Waals surface area contributed by atoms with Crippen molar-refractivity contribution in [2.24, 2.45) is 0 Å². The number of hydrogen-bond acceptors (Lipinski definition) is 10. The van der Waals surface area contributed by atoms with Gasteiger partial charge in [-0.1, -0.05) is 36.4 Å². The first-order valence-corrected chi connectivity index (χ1v) is 17.3. The number of carboxylic acid groups (broad SMARTS) is 1. The van der Waals surface area contributed by atoms with Gasteiger partial charge in [0, 0.05) is 17.8 Å². The summed E-state index contributed by atoms with van der Waals surface area (Å²) >= 11 is 0. The van der Waals surface area contributed by atoms with Crippen molar-refractivity contribution < 1.29 is 32.6 Å². The number of nitriles is 1. The molecule has 3 aromatic rings. The fourth-order valence-electron chi connectivity index (χ4n) is 7.45. The molecule has 0 spiro atoms. The molecular formula is C34H38N6O7S. The Hall–Kier alpha value is -4.71. The monoisotopic (exact) mass is 674 g/mol. The summed E-state index contributed by atoms with van der Waals surface area (Å²) in [6, 6.07) is 15.4. The molecule has 252 valence electrons. The fraction of sp³-hybridized carbons (Fsp3) is 0.412. The number of rotatable bonds is 8. The number of nitrogens with zero attached hydrogens (tertiary/aromatic N) is 6. The highest BCUT2D eigenvalue weighted by molar-refractivity contribution is 7.93. The predicted molar refractivity (Wildman–Crippen MR) is 175 cm³/mol. The molecule has 2 saturated heterocycles. The van der Waals surface area contributed by atoms with Crippen LogP contribution in [0.3, 0.4) is 0 Å². The van der Waals surface area contributed by atoms with Gasteiger partial charge in [-0.3, -0.25) is 14.6 Å². The molecule has 0 aliphatic carbocycles. The molecule has 0 radical (unpaired) electrons. The molecule has 4 heterocycles. The lowest BCUT2D eigenvalue weighted by molar-refractivity contribution is -0.122. The average Bonchev–Trinajstić information content (AvgIpc) is 3.40. The number of pyridine rings is 1. The van der Waals surface area contributed by atoms with Crippen LogP contribution in [0.5, 0.6) is 11.6 Å². The number of hydrogen-bond donors (Lipinski definition) is 1. The molecule has 13 nitrogen and oxygen atoms in total. The minimum atomic E-state index is -4.52. The molecule has 6 rings (SSSR count). The maximum atomic E-state index is 14.9. The summed E-state index contributed by atoms with van der Waals surface area (Å²) in [5.41, 5.74) is 1.01. The normalized spacial score (nSPS) is 23.8. The lowest BCUT2D eigenvalue weighted by Gasteiger charge is -2.54. The van der Waals surface area contributed by atoms with Crippen LogP contribution in [0.2, 0.25) is 0 Å². The van der Waals surface area contributed by atoms with Crippen LogP contribution in [-0.4, -0.2) is 104 Å². The Morgan fingerprint density at radius 2 is 1.75 bits per heavy atom. The molecule has 2 aromatic carbocycles. The Balaban J connectivity index is 1.58. The third-order valence-corrected chi connectivity index (χ3v) is 11.3. The second-order valence-electron chi connectivity index (χ2n) is 12.1. The highest BCUT2D eigenvalue weighted by atomic mass is 32.2. The van der Waals surface area contributed by atoms with Gasteiger partial charge in [0.2, 0.25) is 5.88 Å². The Labute approximate surface area is 279 Å². The van der Waals surface area contributed by atoms with E-state index in [4.69, 9.17) is 9.47 Å². The Bertz CT molecular complexity index is 1840. The second kappa shape index (κ2) is 13.4. The van der Waals surface area contributed by atoms with Crippen molar-refractivity contribution in [3.05, 3.63) is 78.0 Å². The molecule has 14 heteroatoms. The smallest absolute Gasteiger partial charge is 0.407 e.